The van der Waals surface area contributed by atoms with Gasteiger partial charge in [-0.15, -0.1) is 11.3 Å². The van der Waals surface area contributed by atoms with Gasteiger partial charge in [0.1, 0.15) is 0 Å². The Labute approximate surface area is 151 Å². The van der Waals surface area contributed by atoms with Crippen LogP contribution in [0.15, 0.2) is 36.4 Å². The van der Waals surface area contributed by atoms with Gasteiger partial charge in [0, 0.05) is 11.9 Å². The van der Waals surface area contributed by atoms with Crippen LogP contribution in [0, 0.1) is 0 Å². The van der Waals surface area contributed by atoms with Crippen molar-refractivity contribution in [2.24, 2.45) is 0 Å². The summed E-state index contributed by atoms with van der Waals surface area (Å²) in [7, 11) is 3.32. The normalized spacial score (nSPS) is 10.8. The van der Waals surface area contributed by atoms with Gasteiger partial charge in [-0.3, -0.25) is 4.79 Å². The molecule has 0 atom stereocenters. The van der Waals surface area contributed by atoms with Crippen molar-refractivity contribution in [3.63, 3.8) is 0 Å². The smallest absolute Gasteiger partial charge is 0.260 e. The van der Waals surface area contributed by atoms with E-state index in [0.29, 0.717) is 22.4 Å². The summed E-state index contributed by atoms with van der Waals surface area (Å²) in [6.07, 6.45) is 3.92. The molecule has 0 spiro atoms. The fourth-order valence-electron chi connectivity index (χ4n) is 2.11. The number of methoxy groups -OCH3 is 1. The molecule has 0 saturated carbocycles. The van der Waals surface area contributed by atoms with E-state index in [4.69, 9.17) is 21.1 Å². The molecule has 1 heterocycles. The summed E-state index contributed by atoms with van der Waals surface area (Å²) in [4.78, 5) is 14.9. The number of hydrogen-bond donors (Lipinski definition) is 0. The van der Waals surface area contributed by atoms with E-state index in [1.807, 2.05) is 43.3 Å². The largest absolute Gasteiger partial charge is 0.493 e. The zero-order valence-electron chi connectivity index (χ0n) is 13.9. The Balaban J connectivity index is 1.95. The third-order valence-corrected chi connectivity index (χ3v) is 4.56. The summed E-state index contributed by atoms with van der Waals surface area (Å²) in [6, 6.07) is 9.34. The number of thiophene rings is 1. The highest BCUT2D eigenvalue weighted by Crippen LogP contribution is 2.28. The Morgan fingerprint density at radius 2 is 2.08 bits per heavy atom. The van der Waals surface area contributed by atoms with Crippen molar-refractivity contribution in [2.45, 2.75) is 13.5 Å². The number of amides is 1. The van der Waals surface area contributed by atoms with Crippen LogP contribution in [0.5, 0.6) is 11.5 Å². The number of carbonyl (C=O) groups excluding carboxylic acids is 1. The quantitative estimate of drug-likeness (QED) is 0.726. The van der Waals surface area contributed by atoms with Gasteiger partial charge in [-0.2, -0.15) is 0 Å². The van der Waals surface area contributed by atoms with E-state index < -0.39 is 0 Å². The summed E-state index contributed by atoms with van der Waals surface area (Å²) < 4.78 is 11.7. The molecule has 6 heteroatoms. The molecule has 0 aliphatic carbocycles. The monoisotopic (exact) mass is 365 g/mol. The van der Waals surface area contributed by atoms with E-state index in [-0.39, 0.29) is 12.5 Å². The molecule has 2 aromatic rings. The lowest BCUT2D eigenvalue weighted by Gasteiger charge is -2.17. The van der Waals surface area contributed by atoms with Crippen LogP contribution >= 0.6 is 22.9 Å². The van der Waals surface area contributed by atoms with Crippen molar-refractivity contribution in [2.75, 3.05) is 20.8 Å². The maximum absolute atomic E-state index is 12.2. The maximum atomic E-state index is 12.2. The molecule has 1 aromatic carbocycles. The summed E-state index contributed by atoms with van der Waals surface area (Å²) >= 11 is 7.37. The number of benzene rings is 1. The van der Waals surface area contributed by atoms with E-state index in [1.165, 1.54) is 11.3 Å². The number of allylic oxidation sites excluding steroid dienone is 1. The lowest BCUT2D eigenvalue weighted by molar-refractivity contribution is -0.132. The minimum absolute atomic E-state index is 0.0467. The third kappa shape index (κ3) is 5.01. The van der Waals surface area contributed by atoms with Gasteiger partial charge in [0.15, 0.2) is 18.1 Å². The molecule has 0 N–H and O–H groups in total. The molecule has 0 aliphatic heterocycles. The highest BCUT2D eigenvalue weighted by atomic mass is 35.5. The van der Waals surface area contributed by atoms with Crippen LogP contribution in [-0.2, 0) is 11.3 Å². The van der Waals surface area contributed by atoms with Crippen molar-refractivity contribution in [1.82, 2.24) is 4.90 Å². The molecule has 128 valence electrons. The van der Waals surface area contributed by atoms with Crippen LogP contribution in [0.3, 0.4) is 0 Å². The van der Waals surface area contributed by atoms with Crippen LogP contribution in [-0.4, -0.2) is 31.6 Å². The maximum Gasteiger partial charge on any atom is 0.260 e. The Bertz CT molecular complexity index is 727. The molecule has 0 bridgehead atoms. The number of likely N-dealkylation sites (N-methyl/N-ethyl adjacent to an activating group) is 1. The molecule has 4 nitrogen and oxygen atoms in total. The second-order valence-electron chi connectivity index (χ2n) is 5.15. The molecule has 0 radical (unpaired) electrons. The molecule has 0 saturated heterocycles. The van der Waals surface area contributed by atoms with Crippen molar-refractivity contribution >= 4 is 34.9 Å². The van der Waals surface area contributed by atoms with Crippen LogP contribution < -0.4 is 9.47 Å². The van der Waals surface area contributed by atoms with Gasteiger partial charge >= 0.3 is 0 Å². The predicted octanol–water partition coefficient (Wildman–Crippen LogP) is 4.48. The van der Waals surface area contributed by atoms with Crippen molar-refractivity contribution in [3.05, 3.63) is 51.2 Å². The lowest BCUT2D eigenvalue weighted by Crippen LogP contribution is -2.30. The first-order valence-corrected chi connectivity index (χ1v) is 8.64. The van der Waals surface area contributed by atoms with Gasteiger partial charge in [-0.1, -0.05) is 29.8 Å². The predicted molar refractivity (Wildman–Crippen MR) is 99.0 cm³/mol. The number of nitrogens with zero attached hydrogens (tertiary/aromatic N) is 1. The second kappa shape index (κ2) is 8.76. The van der Waals surface area contributed by atoms with E-state index >= 15 is 0 Å². The number of hydrogen-bond acceptors (Lipinski definition) is 4. The topological polar surface area (TPSA) is 38.8 Å². The molecule has 1 amide bonds. The Kier molecular flexibility index (Phi) is 6.70. The van der Waals surface area contributed by atoms with Gasteiger partial charge in [-0.05, 0) is 36.8 Å². The van der Waals surface area contributed by atoms with E-state index in [0.717, 1.165) is 10.4 Å². The first-order chi connectivity index (χ1) is 11.5. The molecule has 0 aliphatic rings. The number of ether oxygens (including phenoxy) is 2. The highest BCUT2D eigenvalue weighted by Gasteiger charge is 2.13. The average Bonchev–Trinajstić information content (AvgIpc) is 2.98. The summed E-state index contributed by atoms with van der Waals surface area (Å²) in [5.74, 6) is 1.04. The molecule has 0 unspecified atom stereocenters. The van der Waals surface area contributed by atoms with Crippen LogP contribution in [0.25, 0.3) is 6.08 Å². The van der Waals surface area contributed by atoms with Crippen molar-refractivity contribution in [3.8, 4) is 11.5 Å². The van der Waals surface area contributed by atoms with E-state index in [9.17, 15) is 4.79 Å². The zero-order valence-corrected chi connectivity index (χ0v) is 15.5. The van der Waals surface area contributed by atoms with E-state index in [1.54, 1.807) is 25.1 Å². The summed E-state index contributed by atoms with van der Waals surface area (Å²) in [6.45, 7) is 2.41. The van der Waals surface area contributed by atoms with Gasteiger partial charge in [0.2, 0.25) is 0 Å². The van der Waals surface area contributed by atoms with Gasteiger partial charge in [-0.25, -0.2) is 0 Å². The minimum Gasteiger partial charge on any atom is -0.493 e. The highest BCUT2D eigenvalue weighted by molar-refractivity contribution is 7.16. The molecular formula is C18H20ClNO3S. The molecule has 2 rings (SSSR count). The Morgan fingerprint density at radius 1 is 1.29 bits per heavy atom. The first kappa shape index (κ1) is 18.4. The van der Waals surface area contributed by atoms with Crippen LogP contribution in [0.1, 0.15) is 17.4 Å². The standard InChI is InChI=1S/C18H20ClNO3S/c1-4-5-13-6-8-15(16(10-13)22-3)23-12-18(21)20(2)11-14-7-9-17(19)24-14/h4-10H,11-12H2,1-3H3/b5-4+. The fraction of sp³-hybridized carbons (Fsp3) is 0.278. The van der Waals surface area contributed by atoms with Crippen molar-refractivity contribution in [1.29, 1.82) is 0 Å². The number of halogens is 1. The minimum atomic E-state index is -0.112. The molecule has 0 fully saturated rings. The van der Waals surface area contributed by atoms with Crippen molar-refractivity contribution < 1.29 is 14.3 Å². The lowest BCUT2D eigenvalue weighted by atomic mass is 10.2. The fourth-order valence-corrected chi connectivity index (χ4v) is 3.25. The Hall–Kier alpha value is -1.98. The van der Waals surface area contributed by atoms with Crippen LogP contribution in [0.4, 0.5) is 0 Å². The average molecular weight is 366 g/mol. The second-order valence-corrected chi connectivity index (χ2v) is 6.95. The molecular weight excluding hydrogens is 346 g/mol. The molecule has 1 aromatic heterocycles. The number of rotatable bonds is 7. The van der Waals surface area contributed by atoms with Gasteiger partial charge < -0.3 is 14.4 Å². The van der Waals surface area contributed by atoms with Gasteiger partial charge in [0.25, 0.3) is 5.91 Å². The zero-order chi connectivity index (χ0) is 17.5. The first-order valence-electron chi connectivity index (χ1n) is 7.45. The number of carbonyl (C=O) groups is 1. The summed E-state index contributed by atoms with van der Waals surface area (Å²) in [5.41, 5.74) is 1.01. The molecule has 24 heavy (non-hydrogen) atoms. The SMILES string of the molecule is C/C=C/c1ccc(OCC(=O)N(C)Cc2ccc(Cl)s2)c(OC)c1. The third-order valence-electron chi connectivity index (χ3n) is 3.35. The summed E-state index contributed by atoms with van der Waals surface area (Å²) in [5, 5.41) is 0. The van der Waals surface area contributed by atoms with Crippen LogP contribution in [0.2, 0.25) is 4.34 Å². The Morgan fingerprint density at radius 3 is 2.71 bits per heavy atom. The van der Waals surface area contributed by atoms with E-state index in [2.05, 4.69) is 0 Å². The van der Waals surface area contributed by atoms with Gasteiger partial charge in [0.05, 0.1) is 18.0 Å².